The molecule has 3 heterocycles. The van der Waals surface area contributed by atoms with Crippen molar-refractivity contribution < 1.29 is 23.8 Å². The number of hydrogen-bond donors (Lipinski definition) is 1. The highest BCUT2D eigenvalue weighted by Crippen LogP contribution is 2.59. The van der Waals surface area contributed by atoms with Crippen LogP contribution in [0.25, 0.3) is 10.4 Å². The first-order valence-corrected chi connectivity index (χ1v) is 8.15. The standard InChI is InChI=1S/C17H11N5O5/c18-22-21-16(23)13-12-8-5-7(1-2-10(8)27-14(12)13)26-11-3-4-19-15-9(11)6-25-17(24)20-15/h1-5,12-14H,6H2,(H,19,20,24)/t12-,13-,14-/m0/s1. The molecule has 0 saturated heterocycles. The SMILES string of the molecule is [N-]=[N+]=NC(=O)[C@@H]1[C@H]2Oc3ccc(Oc4ccnc5c4COC(=O)N5)cc3[C@H]21. The van der Waals surface area contributed by atoms with Gasteiger partial charge in [-0.15, -0.1) is 0 Å². The van der Waals surface area contributed by atoms with Gasteiger partial charge in [-0.2, -0.15) is 0 Å². The molecule has 1 fully saturated rings. The second-order valence-corrected chi connectivity index (χ2v) is 6.30. The van der Waals surface area contributed by atoms with Crippen LogP contribution in [-0.4, -0.2) is 23.1 Å². The van der Waals surface area contributed by atoms with Gasteiger partial charge in [-0.25, -0.2) is 9.78 Å². The van der Waals surface area contributed by atoms with Crippen molar-refractivity contribution in [3.8, 4) is 17.2 Å². The predicted octanol–water partition coefficient (Wildman–Crippen LogP) is 3.25. The van der Waals surface area contributed by atoms with Gasteiger partial charge >= 0.3 is 6.09 Å². The molecule has 0 spiro atoms. The van der Waals surface area contributed by atoms with E-state index in [2.05, 4.69) is 20.3 Å². The Morgan fingerprint density at radius 3 is 3.15 bits per heavy atom. The van der Waals surface area contributed by atoms with Crippen molar-refractivity contribution in [3.63, 3.8) is 0 Å². The monoisotopic (exact) mass is 365 g/mol. The highest BCUT2D eigenvalue weighted by atomic mass is 16.6. The molecule has 1 aromatic carbocycles. The fourth-order valence-electron chi connectivity index (χ4n) is 3.52. The quantitative estimate of drug-likeness (QED) is 0.504. The number of carbonyl (C=O) groups is 2. The number of fused-ring (bicyclic) bond motifs is 4. The van der Waals surface area contributed by atoms with Gasteiger partial charge in [0.15, 0.2) is 0 Å². The van der Waals surface area contributed by atoms with E-state index in [1.165, 1.54) is 6.20 Å². The third-order valence-corrected chi connectivity index (χ3v) is 4.79. The van der Waals surface area contributed by atoms with E-state index in [0.717, 1.165) is 5.56 Å². The van der Waals surface area contributed by atoms with Crippen molar-refractivity contribution in [3.05, 3.63) is 52.0 Å². The van der Waals surface area contributed by atoms with Crippen LogP contribution in [0.5, 0.6) is 17.2 Å². The van der Waals surface area contributed by atoms with Crippen LogP contribution in [0.1, 0.15) is 17.0 Å². The Morgan fingerprint density at radius 1 is 1.41 bits per heavy atom. The predicted molar refractivity (Wildman–Crippen MR) is 89.4 cm³/mol. The van der Waals surface area contributed by atoms with E-state index in [1.807, 2.05) is 0 Å². The molecular formula is C17H11N5O5. The molecule has 2 aromatic rings. The van der Waals surface area contributed by atoms with Gasteiger partial charge in [-0.1, -0.05) is 0 Å². The van der Waals surface area contributed by atoms with Crippen LogP contribution in [-0.2, 0) is 16.1 Å². The van der Waals surface area contributed by atoms with E-state index in [0.29, 0.717) is 28.6 Å². The Balaban J connectivity index is 1.42. The van der Waals surface area contributed by atoms with Gasteiger partial charge < -0.3 is 14.2 Å². The van der Waals surface area contributed by atoms with E-state index in [9.17, 15) is 9.59 Å². The minimum absolute atomic E-state index is 0.0613. The normalized spacial score (nSPS) is 23.4. The van der Waals surface area contributed by atoms with Gasteiger partial charge in [0.1, 0.15) is 35.8 Å². The minimum atomic E-state index is -0.558. The zero-order chi connectivity index (χ0) is 18.5. The summed E-state index contributed by atoms with van der Waals surface area (Å²) in [7, 11) is 0. The Bertz CT molecular complexity index is 1050. The van der Waals surface area contributed by atoms with Crippen LogP contribution in [0.3, 0.4) is 0 Å². The lowest BCUT2D eigenvalue weighted by molar-refractivity contribution is -0.119. The summed E-state index contributed by atoms with van der Waals surface area (Å²) in [5.74, 6) is 1.06. The van der Waals surface area contributed by atoms with Crippen LogP contribution in [0, 0.1) is 5.92 Å². The zero-order valence-electron chi connectivity index (χ0n) is 13.7. The van der Waals surface area contributed by atoms with Crippen molar-refractivity contribution in [2.45, 2.75) is 18.6 Å². The molecule has 3 atom stereocenters. The highest BCUT2D eigenvalue weighted by molar-refractivity contribution is 5.87. The van der Waals surface area contributed by atoms with Gasteiger partial charge in [0.2, 0.25) is 5.91 Å². The Hall–Kier alpha value is -3.78. The molecule has 3 aliphatic rings. The number of nitrogens with one attached hydrogen (secondary N) is 1. The summed E-state index contributed by atoms with van der Waals surface area (Å²) >= 11 is 0. The van der Waals surface area contributed by atoms with Gasteiger partial charge in [0.05, 0.1) is 11.5 Å². The molecule has 1 N–H and O–H groups in total. The minimum Gasteiger partial charge on any atom is -0.489 e. The van der Waals surface area contributed by atoms with Crippen LogP contribution in [0.15, 0.2) is 35.6 Å². The van der Waals surface area contributed by atoms with Crippen LogP contribution in [0.4, 0.5) is 10.6 Å². The molecule has 10 nitrogen and oxygen atoms in total. The average molecular weight is 365 g/mol. The number of pyridine rings is 1. The highest BCUT2D eigenvalue weighted by Gasteiger charge is 2.62. The smallest absolute Gasteiger partial charge is 0.413 e. The number of aromatic nitrogens is 1. The number of rotatable bonds is 3. The largest absolute Gasteiger partial charge is 0.489 e. The number of hydrogen-bond acceptors (Lipinski definition) is 6. The van der Waals surface area contributed by atoms with Crippen molar-refractivity contribution in [1.82, 2.24) is 4.98 Å². The molecule has 2 aliphatic heterocycles. The number of anilines is 1. The molecule has 1 aromatic heterocycles. The molecule has 5 rings (SSSR count). The third kappa shape index (κ3) is 2.42. The summed E-state index contributed by atoms with van der Waals surface area (Å²) in [6.45, 7) is 0.0613. The summed E-state index contributed by atoms with van der Waals surface area (Å²) in [5.41, 5.74) is 9.91. The maximum absolute atomic E-state index is 11.8. The maximum Gasteiger partial charge on any atom is 0.413 e. The molecule has 1 saturated carbocycles. The van der Waals surface area contributed by atoms with Crippen molar-refractivity contribution >= 4 is 17.8 Å². The van der Waals surface area contributed by atoms with Crippen molar-refractivity contribution in [2.24, 2.45) is 11.0 Å². The number of nitrogens with zero attached hydrogens (tertiary/aromatic N) is 4. The van der Waals surface area contributed by atoms with Crippen LogP contribution >= 0.6 is 0 Å². The van der Waals surface area contributed by atoms with E-state index in [4.69, 9.17) is 19.7 Å². The molecule has 0 bridgehead atoms. The fraction of sp³-hybridized carbons (Fsp3) is 0.235. The number of cyclic esters (lactones) is 1. The van der Waals surface area contributed by atoms with Gasteiger partial charge in [0.25, 0.3) is 0 Å². The molecule has 0 unspecified atom stereocenters. The molecule has 1 aliphatic carbocycles. The number of azide groups is 1. The lowest BCUT2D eigenvalue weighted by Gasteiger charge is -2.19. The number of carbonyl (C=O) groups excluding carboxylic acids is 2. The number of ether oxygens (including phenoxy) is 3. The summed E-state index contributed by atoms with van der Waals surface area (Å²) in [4.78, 5) is 29.8. The lowest BCUT2D eigenvalue weighted by atomic mass is 10.1. The van der Waals surface area contributed by atoms with Crippen molar-refractivity contribution in [1.29, 1.82) is 0 Å². The zero-order valence-corrected chi connectivity index (χ0v) is 13.7. The fourth-order valence-corrected chi connectivity index (χ4v) is 3.52. The Kier molecular flexibility index (Phi) is 3.22. The second kappa shape index (κ2) is 5.61. The van der Waals surface area contributed by atoms with E-state index >= 15 is 0 Å². The van der Waals surface area contributed by atoms with Gasteiger partial charge in [-0.05, 0) is 34.9 Å². The van der Waals surface area contributed by atoms with Gasteiger partial charge in [0, 0.05) is 22.6 Å². The third-order valence-electron chi connectivity index (χ3n) is 4.79. The number of amides is 2. The number of benzene rings is 1. The van der Waals surface area contributed by atoms with E-state index < -0.39 is 17.9 Å². The van der Waals surface area contributed by atoms with Crippen molar-refractivity contribution in [2.75, 3.05) is 5.32 Å². The molecular weight excluding hydrogens is 354 g/mol. The maximum atomic E-state index is 11.8. The van der Waals surface area contributed by atoms with Crippen LogP contribution < -0.4 is 14.8 Å². The molecule has 10 heteroatoms. The summed E-state index contributed by atoms with van der Waals surface area (Å²) in [5, 5.41) is 5.68. The molecule has 2 amide bonds. The average Bonchev–Trinajstić information content (AvgIpc) is 3.25. The molecule has 0 radical (unpaired) electrons. The first-order valence-electron chi connectivity index (χ1n) is 8.15. The second-order valence-electron chi connectivity index (χ2n) is 6.30. The first-order chi connectivity index (χ1) is 13.2. The summed E-state index contributed by atoms with van der Waals surface area (Å²) in [6.07, 6.45) is 0.685. The van der Waals surface area contributed by atoms with Gasteiger partial charge in [-0.3, -0.25) is 10.1 Å². The molecule has 27 heavy (non-hydrogen) atoms. The van der Waals surface area contributed by atoms with E-state index in [-0.39, 0.29) is 18.6 Å². The Labute approximate surface area is 151 Å². The van der Waals surface area contributed by atoms with Crippen LogP contribution in [0.2, 0.25) is 0 Å². The Morgan fingerprint density at radius 2 is 2.30 bits per heavy atom. The summed E-state index contributed by atoms with van der Waals surface area (Å²) < 4.78 is 16.7. The lowest BCUT2D eigenvalue weighted by Crippen LogP contribution is -2.21. The summed E-state index contributed by atoms with van der Waals surface area (Å²) in [6, 6.07) is 7.01. The topological polar surface area (TPSA) is 136 Å². The van der Waals surface area contributed by atoms with E-state index in [1.54, 1.807) is 24.3 Å². The molecule has 134 valence electrons. The first kappa shape index (κ1) is 15.5.